The van der Waals surface area contributed by atoms with Crippen LogP contribution in [0.25, 0.3) is 0 Å². The van der Waals surface area contributed by atoms with E-state index in [1.54, 1.807) is 0 Å². The number of fused-ring (bicyclic) bond motifs is 1. The Morgan fingerprint density at radius 3 is 2.60 bits per heavy atom. The highest BCUT2D eigenvalue weighted by Gasteiger charge is 2.36. The van der Waals surface area contributed by atoms with E-state index in [2.05, 4.69) is 25.8 Å². The molecule has 0 aromatic carbocycles. The predicted molar refractivity (Wildman–Crippen MR) is 99.6 cm³/mol. The summed E-state index contributed by atoms with van der Waals surface area (Å²) in [5.41, 5.74) is 0. The molecule has 2 unspecified atom stereocenters. The Morgan fingerprint density at radius 2 is 1.80 bits per heavy atom. The smallest absolute Gasteiger partial charge is 0.237 e. The number of pyridine rings is 1. The molecule has 1 saturated carbocycles. The first-order chi connectivity index (χ1) is 12.3. The van der Waals surface area contributed by atoms with Crippen LogP contribution in [0.1, 0.15) is 38.5 Å². The number of amides is 1. The summed E-state index contributed by atoms with van der Waals surface area (Å²) in [4.78, 5) is 24.3. The highest BCUT2D eigenvalue weighted by molar-refractivity contribution is 5.78. The molecule has 0 bridgehead atoms. The molecule has 25 heavy (non-hydrogen) atoms. The number of hydrogen-bond acceptors (Lipinski definition) is 4. The highest BCUT2D eigenvalue weighted by atomic mass is 16.2. The third kappa shape index (κ3) is 3.81. The molecule has 3 heterocycles. The lowest BCUT2D eigenvalue weighted by Crippen LogP contribution is -2.54. The Bertz CT molecular complexity index is 568. The van der Waals surface area contributed by atoms with Crippen molar-refractivity contribution in [3.05, 3.63) is 24.4 Å². The van der Waals surface area contributed by atoms with Crippen molar-refractivity contribution in [2.24, 2.45) is 5.92 Å². The summed E-state index contributed by atoms with van der Waals surface area (Å²) in [5, 5.41) is 0. The maximum Gasteiger partial charge on any atom is 0.237 e. The molecule has 0 spiro atoms. The molecule has 1 aliphatic carbocycles. The lowest BCUT2D eigenvalue weighted by atomic mass is 9.78. The van der Waals surface area contributed by atoms with E-state index in [-0.39, 0.29) is 0 Å². The summed E-state index contributed by atoms with van der Waals surface area (Å²) in [7, 11) is 0. The average Bonchev–Trinajstić information content (AvgIpc) is 2.69. The molecule has 2 atom stereocenters. The first-order valence-electron chi connectivity index (χ1n) is 9.99. The number of anilines is 1. The molecular formula is C20H30N4O. The number of carbonyl (C=O) groups is 1. The summed E-state index contributed by atoms with van der Waals surface area (Å²) in [6.07, 6.45) is 9.59. The van der Waals surface area contributed by atoms with Gasteiger partial charge >= 0.3 is 0 Å². The van der Waals surface area contributed by atoms with Crippen LogP contribution in [0.5, 0.6) is 0 Å². The van der Waals surface area contributed by atoms with Gasteiger partial charge in [-0.2, -0.15) is 0 Å². The number of carbonyl (C=O) groups excluding carboxylic acids is 1. The van der Waals surface area contributed by atoms with Crippen molar-refractivity contribution in [1.29, 1.82) is 0 Å². The van der Waals surface area contributed by atoms with E-state index in [4.69, 9.17) is 0 Å². The summed E-state index contributed by atoms with van der Waals surface area (Å²) < 4.78 is 0. The minimum absolute atomic E-state index is 0.364. The monoisotopic (exact) mass is 342 g/mol. The van der Waals surface area contributed by atoms with Crippen molar-refractivity contribution in [3.8, 4) is 0 Å². The van der Waals surface area contributed by atoms with Gasteiger partial charge in [-0.15, -0.1) is 0 Å². The van der Waals surface area contributed by atoms with Gasteiger partial charge in [-0.05, 0) is 43.7 Å². The standard InChI is InChI=1S/C20H30N4O/c25-20(24-11-5-7-17-6-1-2-8-18(17)24)16-22-12-14-23(15-13-22)19-9-3-4-10-21-19/h3-4,9-10,17-18H,1-2,5-8,11-16H2. The van der Waals surface area contributed by atoms with Crippen LogP contribution in [0, 0.1) is 5.92 Å². The largest absolute Gasteiger partial charge is 0.354 e. The van der Waals surface area contributed by atoms with E-state index in [9.17, 15) is 4.79 Å². The van der Waals surface area contributed by atoms with Crippen molar-refractivity contribution >= 4 is 11.7 Å². The Balaban J connectivity index is 1.30. The third-order valence-electron chi connectivity index (χ3n) is 6.27. The molecule has 1 aromatic heterocycles. The van der Waals surface area contributed by atoms with Crippen LogP contribution in [0.15, 0.2) is 24.4 Å². The Kier molecular flexibility index (Phi) is 5.20. The number of piperazine rings is 1. The van der Waals surface area contributed by atoms with Crippen molar-refractivity contribution in [3.63, 3.8) is 0 Å². The molecule has 2 aliphatic heterocycles. The summed E-state index contributed by atoms with van der Waals surface area (Å²) in [5.74, 6) is 2.19. The SMILES string of the molecule is O=C(CN1CCN(c2ccccn2)CC1)N1CCCC2CCCCC21. The van der Waals surface area contributed by atoms with E-state index >= 15 is 0 Å². The van der Waals surface area contributed by atoms with E-state index in [0.717, 1.165) is 44.5 Å². The Morgan fingerprint density at radius 1 is 1.00 bits per heavy atom. The zero-order valence-electron chi connectivity index (χ0n) is 15.1. The van der Waals surface area contributed by atoms with Gasteiger partial charge in [0.25, 0.3) is 0 Å². The molecule has 3 fully saturated rings. The summed E-state index contributed by atoms with van der Waals surface area (Å²) >= 11 is 0. The van der Waals surface area contributed by atoms with Crippen molar-refractivity contribution in [2.75, 3.05) is 44.2 Å². The van der Waals surface area contributed by atoms with Gasteiger partial charge in [0.05, 0.1) is 6.54 Å². The van der Waals surface area contributed by atoms with Gasteiger partial charge in [0.15, 0.2) is 0 Å². The maximum absolute atomic E-state index is 12.9. The van der Waals surface area contributed by atoms with Crippen LogP contribution in [0.2, 0.25) is 0 Å². The molecule has 0 N–H and O–H groups in total. The number of hydrogen-bond donors (Lipinski definition) is 0. The first kappa shape index (κ1) is 16.8. The zero-order chi connectivity index (χ0) is 17.1. The van der Waals surface area contributed by atoms with Crippen LogP contribution < -0.4 is 4.90 Å². The van der Waals surface area contributed by atoms with Gasteiger partial charge in [0.1, 0.15) is 5.82 Å². The van der Waals surface area contributed by atoms with Gasteiger partial charge < -0.3 is 9.80 Å². The normalized spacial score (nSPS) is 27.8. The van der Waals surface area contributed by atoms with E-state index in [0.29, 0.717) is 18.5 Å². The van der Waals surface area contributed by atoms with Crippen LogP contribution in [0.4, 0.5) is 5.82 Å². The van der Waals surface area contributed by atoms with Crippen LogP contribution in [0.3, 0.4) is 0 Å². The van der Waals surface area contributed by atoms with Gasteiger partial charge in [0.2, 0.25) is 5.91 Å². The van der Waals surface area contributed by atoms with Gasteiger partial charge in [0, 0.05) is 45.0 Å². The molecule has 5 heteroatoms. The number of piperidine rings is 1. The topological polar surface area (TPSA) is 39.7 Å². The van der Waals surface area contributed by atoms with Crippen molar-refractivity contribution < 1.29 is 4.79 Å². The quantitative estimate of drug-likeness (QED) is 0.846. The Labute approximate surface area is 151 Å². The van der Waals surface area contributed by atoms with Gasteiger partial charge in [-0.3, -0.25) is 9.69 Å². The fourth-order valence-electron chi connectivity index (χ4n) is 4.89. The highest BCUT2D eigenvalue weighted by Crippen LogP contribution is 2.35. The average molecular weight is 342 g/mol. The molecule has 1 amide bonds. The summed E-state index contributed by atoms with van der Waals surface area (Å²) in [6, 6.07) is 6.59. The minimum atomic E-state index is 0.364. The molecule has 4 rings (SSSR count). The summed E-state index contributed by atoms with van der Waals surface area (Å²) in [6.45, 7) is 5.38. The molecular weight excluding hydrogens is 312 g/mol. The Hall–Kier alpha value is -1.62. The first-order valence-corrected chi connectivity index (χ1v) is 9.99. The van der Waals surface area contributed by atoms with Crippen LogP contribution in [-0.2, 0) is 4.79 Å². The lowest BCUT2D eigenvalue weighted by molar-refractivity contribution is -0.138. The second-order valence-electron chi connectivity index (χ2n) is 7.79. The molecule has 5 nitrogen and oxygen atoms in total. The second-order valence-corrected chi connectivity index (χ2v) is 7.79. The molecule has 3 aliphatic rings. The molecule has 2 saturated heterocycles. The molecule has 136 valence electrons. The molecule has 0 radical (unpaired) electrons. The second kappa shape index (κ2) is 7.73. The van der Waals surface area contributed by atoms with Gasteiger partial charge in [-0.1, -0.05) is 18.9 Å². The zero-order valence-corrected chi connectivity index (χ0v) is 15.1. The number of rotatable bonds is 3. The lowest BCUT2D eigenvalue weighted by Gasteiger charge is -2.45. The number of aromatic nitrogens is 1. The number of nitrogens with zero attached hydrogens (tertiary/aromatic N) is 4. The van der Waals surface area contributed by atoms with Crippen molar-refractivity contribution in [1.82, 2.24) is 14.8 Å². The minimum Gasteiger partial charge on any atom is -0.354 e. The van der Waals surface area contributed by atoms with E-state index < -0.39 is 0 Å². The van der Waals surface area contributed by atoms with Crippen molar-refractivity contribution in [2.45, 2.75) is 44.6 Å². The number of likely N-dealkylation sites (tertiary alicyclic amines) is 1. The third-order valence-corrected chi connectivity index (χ3v) is 6.27. The van der Waals surface area contributed by atoms with Crippen LogP contribution >= 0.6 is 0 Å². The maximum atomic E-state index is 12.9. The van der Waals surface area contributed by atoms with Gasteiger partial charge in [-0.25, -0.2) is 4.98 Å². The molecule has 1 aromatic rings. The van der Waals surface area contributed by atoms with E-state index in [1.807, 2.05) is 18.3 Å². The fraction of sp³-hybridized carbons (Fsp3) is 0.700. The van der Waals surface area contributed by atoms with Crippen LogP contribution in [-0.4, -0.2) is 66.0 Å². The van der Waals surface area contributed by atoms with E-state index in [1.165, 1.54) is 38.5 Å². The fourth-order valence-corrected chi connectivity index (χ4v) is 4.89. The predicted octanol–water partition coefficient (Wildman–Crippen LogP) is 2.38.